The first-order valence-corrected chi connectivity index (χ1v) is 8.43. The largest absolute Gasteiger partial charge is 0.395 e. The molecule has 0 aliphatic carbocycles. The molecular weight excluding hydrogens is 312 g/mol. The Balaban J connectivity index is 2.72. The number of aliphatic imine (C=N–C) groups is 1. The Morgan fingerprint density at radius 1 is 1.08 bits per heavy atom. The van der Waals surface area contributed by atoms with Crippen molar-refractivity contribution in [1.29, 1.82) is 0 Å². The van der Waals surface area contributed by atoms with Gasteiger partial charge >= 0.3 is 0 Å². The molecule has 134 valence electrons. The molecule has 25 heavy (non-hydrogen) atoms. The Hall–Kier alpha value is -2.43. The molecule has 0 aliphatic rings. The molecule has 0 saturated heterocycles. The molecule has 4 heteroatoms. The summed E-state index contributed by atoms with van der Waals surface area (Å²) in [6.07, 6.45) is 12.2. The third-order valence-corrected chi connectivity index (χ3v) is 3.54. The summed E-state index contributed by atoms with van der Waals surface area (Å²) in [5, 5.41) is 18.2. The van der Waals surface area contributed by atoms with Crippen molar-refractivity contribution in [1.82, 2.24) is 0 Å². The van der Waals surface area contributed by atoms with Crippen LogP contribution in [0, 0.1) is 0 Å². The van der Waals surface area contributed by atoms with Crippen LogP contribution in [0.25, 0.3) is 6.08 Å². The fourth-order valence-electron chi connectivity index (χ4n) is 2.17. The third-order valence-electron chi connectivity index (χ3n) is 3.54. The van der Waals surface area contributed by atoms with Crippen molar-refractivity contribution >= 4 is 18.0 Å². The van der Waals surface area contributed by atoms with Gasteiger partial charge in [0, 0.05) is 31.5 Å². The maximum atomic E-state index is 9.10. The average Bonchev–Trinajstić information content (AvgIpc) is 2.64. The van der Waals surface area contributed by atoms with Crippen molar-refractivity contribution < 1.29 is 10.2 Å². The van der Waals surface area contributed by atoms with Gasteiger partial charge in [0.05, 0.1) is 13.2 Å². The van der Waals surface area contributed by atoms with E-state index in [-0.39, 0.29) is 13.2 Å². The van der Waals surface area contributed by atoms with Crippen LogP contribution in [0.5, 0.6) is 0 Å². The molecule has 0 saturated carbocycles. The highest BCUT2D eigenvalue weighted by atomic mass is 16.3. The number of anilines is 1. The number of aliphatic hydroxyl groups is 2. The number of rotatable bonds is 12. The van der Waals surface area contributed by atoms with Crippen LogP contribution in [0.4, 0.5) is 5.69 Å². The van der Waals surface area contributed by atoms with Gasteiger partial charge in [-0.3, -0.25) is 4.99 Å². The Morgan fingerprint density at radius 3 is 2.32 bits per heavy atom. The molecule has 0 amide bonds. The monoisotopic (exact) mass is 340 g/mol. The summed E-state index contributed by atoms with van der Waals surface area (Å²) < 4.78 is 0. The quantitative estimate of drug-likeness (QED) is 0.266. The highest BCUT2D eigenvalue weighted by Gasteiger charge is 2.04. The van der Waals surface area contributed by atoms with E-state index in [9.17, 15) is 0 Å². The van der Waals surface area contributed by atoms with Crippen molar-refractivity contribution in [3.8, 4) is 0 Å². The maximum Gasteiger partial charge on any atom is 0.0606 e. The van der Waals surface area contributed by atoms with Crippen LogP contribution in [0.15, 0.2) is 72.3 Å². The van der Waals surface area contributed by atoms with Gasteiger partial charge in [0.15, 0.2) is 0 Å². The summed E-state index contributed by atoms with van der Waals surface area (Å²) in [5.74, 6) is 0. The highest BCUT2D eigenvalue weighted by Crippen LogP contribution is 2.16. The minimum absolute atomic E-state index is 0.0590. The number of hydrogen-bond donors (Lipinski definition) is 2. The standard InChI is InChI=1S/C21H28N2O2/c1-3-5-13-22-14-12-19(4-2)6-7-20-8-10-21(11-9-20)23(15-17-24)16-18-25/h3-4,6-12,14,24-25H,1-2,5,13,15-18H2/b7-6+,19-12+,22-14+. The van der Waals surface area contributed by atoms with E-state index in [1.165, 1.54) is 0 Å². The summed E-state index contributed by atoms with van der Waals surface area (Å²) in [5.41, 5.74) is 3.02. The zero-order valence-electron chi connectivity index (χ0n) is 14.7. The normalized spacial score (nSPS) is 12.0. The van der Waals surface area contributed by atoms with Crippen molar-refractivity contribution in [3.63, 3.8) is 0 Å². The molecule has 1 aromatic rings. The van der Waals surface area contributed by atoms with Gasteiger partial charge in [-0.05, 0) is 35.8 Å². The minimum Gasteiger partial charge on any atom is -0.395 e. The lowest BCUT2D eigenvalue weighted by Gasteiger charge is -2.22. The van der Waals surface area contributed by atoms with E-state index in [0.29, 0.717) is 13.1 Å². The van der Waals surface area contributed by atoms with Crippen LogP contribution in [0.1, 0.15) is 12.0 Å². The number of allylic oxidation sites excluding steroid dienone is 4. The number of hydrogen-bond acceptors (Lipinski definition) is 4. The highest BCUT2D eigenvalue weighted by molar-refractivity contribution is 5.75. The van der Waals surface area contributed by atoms with Gasteiger partial charge in [0.1, 0.15) is 0 Å². The molecule has 0 aliphatic heterocycles. The van der Waals surface area contributed by atoms with Crippen LogP contribution in [-0.2, 0) is 0 Å². The Morgan fingerprint density at radius 2 is 1.76 bits per heavy atom. The van der Waals surface area contributed by atoms with Crippen molar-refractivity contribution in [3.05, 3.63) is 72.9 Å². The molecular formula is C21H28N2O2. The second-order valence-corrected chi connectivity index (χ2v) is 5.36. The van der Waals surface area contributed by atoms with E-state index < -0.39 is 0 Å². The Bertz CT molecular complexity index is 595. The van der Waals surface area contributed by atoms with Gasteiger partial charge in [-0.1, -0.05) is 43.0 Å². The Labute approximate surface area is 150 Å². The fourth-order valence-corrected chi connectivity index (χ4v) is 2.17. The molecule has 1 aromatic carbocycles. The molecule has 0 fully saturated rings. The van der Waals surface area contributed by atoms with E-state index in [2.05, 4.69) is 18.2 Å². The van der Waals surface area contributed by atoms with Crippen LogP contribution >= 0.6 is 0 Å². The smallest absolute Gasteiger partial charge is 0.0606 e. The molecule has 0 unspecified atom stereocenters. The van der Waals surface area contributed by atoms with Crippen LogP contribution < -0.4 is 4.90 Å². The van der Waals surface area contributed by atoms with Gasteiger partial charge < -0.3 is 15.1 Å². The average molecular weight is 340 g/mol. The topological polar surface area (TPSA) is 56.1 Å². The van der Waals surface area contributed by atoms with Crippen molar-refractivity contribution in [2.45, 2.75) is 6.42 Å². The lowest BCUT2D eigenvalue weighted by atomic mass is 10.1. The summed E-state index contributed by atoms with van der Waals surface area (Å²) >= 11 is 0. The first-order valence-electron chi connectivity index (χ1n) is 8.43. The van der Waals surface area contributed by atoms with Crippen molar-refractivity contribution in [2.75, 3.05) is 37.7 Å². The van der Waals surface area contributed by atoms with Gasteiger partial charge in [-0.2, -0.15) is 0 Å². The molecule has 0 radical (unpaired) electrons. The van der Waals surface area contributed by atoms with Crippen LogP contribution in [0.3, 0.4) is 0 Å². The minimum atomic E-state index is 0.0590. The zero-order chi connectivity index (χ0) is 18.3. The van der Waals surface area contributed by atoms with E-state index in [4.69, 9.17) is 10.2 Å². The maximum absolute atomic E-state index is 9.10. The van der Waals surface area contributed by atoms with Gasteiger partial charge in [0.2, 0.25) is 0 Å². The van der Waals surface area contributed by atoms with E-state index in [0.717, 1.165) is 29.8 Å². The molecule has 0 aromatic heterocycles. The number of benzene rings is 1. The van der Waals surface area contributed by atoms with Crippen LogP contribution in [0.2, 0.25) is 0 Å². The fraction of sp³-hybridized carbons (Fsp3) is 0.286. The van der Waals surface area contributed by atoms with Crippen molar-refractivity contribution in [2.24, 2.45) is 4.99 Å². The van der Waals surface area contributed by atoms with E-state index >= 15 is 0 Å². The van der Waals surface area contributed by atoms with Crippen LogP contribution in [-0.4, -0.2) is 49.3 Å². The second kappa shape index (κ2) is 12.9. The second-order valence-electron chi connectivity index (χ2n) is 5.36. The lowest BCUT2D eigenvalue weighted by molar-refractivity contribution is 0.281. The van der Waals surface area contributed by atoms with Gasteiger partial charge in [-0.15, -0.1) is 6.58 Å². The summed E-state index contributed by atoms with van der Waals surface area (Å²) in [7, 11) is 0. The zero-order valence-corrected chi connectivity index (χ0v) is 14.7. The molecule has 0 heterocycles. The molecule has 0 spiro atoms. The molecule has 0 atom stereocenters. The SMILES string of the molecule is C=CCC/N=C/C=C(C=C)/C=C/c1ccc(N(CCO)CCO)cc1. The van der Waals surface area contributed by atoms with E-state index in [1.54, 1.807) is 12.3 Å². The first kappa shape index (κ1) is 20.6. The molecule has 0 bridgehead atoms. The summed E-state index contributed by atoms with van der Waals surface area (Å²) in [6, 6.07) is 7.98. The molecule has 4 nitrogen and oxygen atoms in total. The molecule has 1 rings (SSSR count). The van der Waals surface area contributed by atoms with Gasteiger partial charge in [-0.25, -0.2) is 0 Å². The predicted octanol–water partition coefficient (Wildman–Crippen LogP) is 3.25. The molecule has 2 N–H and O–H groups in total. The Kier molecular flexibility index (Phi) is 10.7. The first-order chi connectivity index (χ1) is 12.2. The summed E-state index contributed by atoms with van der Waals surface area (Å²) in [6.45, 7) is 9.35. The van der Waals surface area contributed by atoms with E-state index in [1.807, 2.05) is 53.5 Å². The predicted molar refractivity (Wildman–Crippen MR) is 108 cm³/mol. The number of aliphatic hydroxyl groups excluding tert-OH is 2. The van der Waals surface area contributed by atoms with Gasteiger partial charge in [0.25, 0.3) is 0 Å². The summed E-state index contributed by atoms with van der Waals surface area (Å²) in [4.78, 5) is 6.22. The number of nitrogens with zero attached hydrogens (tertiary/aromatic N) is 2. The third kappa shape index (κ3) is 8.29. The lowest BCUT2D eigenvalue weighted by Crippen LogP contribution is -2.29.